The van der Waals surface area contributed by atoms with Gasteiger partial charge in [-0.3, -0.25) is 0 Å². The zero-order valence-corrected chi connectivity index (χ0v) is 11.1. The molecule has 0 aromatic heterocycles. The van der Waals surface area contributed by atoms with E-state index in [1.54, 1.807) is 0 Å². The normalized spacial score (nSPS) is 10.8. The Kier molecular flexibility index (Phi) is 5.71. The number of rotatable bonds is 6. The van der Waals surface area contributed by atoms with Gasteiger partial charge in [0.2, 0.25) is 0 Å². The second-order valence-electron chi connectivity index (χ2n) is 4.07. The average Bonchev–Trinajstić information content (AvgIpc) is 2.27. The summed E-state index contributed by atoms with van der Waals surface area (Å²) in [5.74, 6) is 2.53. The fourth-order valence-electron chi connectivity index (χ4n) is 1.43. The van der Waals surface area contributed by atoms with Gasteiger partial charge < -0.3 is 10.5 Å². The van der Waals surface area contributed by atoms with Crippen LogP contribution in [0.2, 0.25) is 0 Å². The first-order valence-corrected chi connectivity index (χ1v) is 6.75. The highest BCUT2D eigenvalue weighted by molar-refractivity contribution is 7.99. The van der Waals surface area contributed by atoms with Gasteiger partial charge >= 0.3 is 0 Å². The summed E-state index contributed by atoms with van der Waals surface area (Å²) < 4.78 is 5.78. The van der Waals surface area contributed by atoms with Crippen LogP contribution in [0.5, 0.6) is 5.75 Å². The van der Waals surface area contributed by atoms with Crippen molar-refractivity contribution in [2.24, 2.45) is 11.7 Å². The molecule has 0 heterocycles. The second kappa shape index (κ2) is 6.81. The molecule has 2 nitrogen and oxygen atoms in total. The SMILES string of the molecule is CCSc1cccc(OCC(C)C)c1CN. The Labute approximate surface area is 103 Å². The van der Waals surface area contributed by atoms with Crippen LogP contribution in [-0.4, -0.2) is 12.4 Å². The molecule has 0 spiro atoms. The summed E-state index contributed by atoms with van der Waals surface area (Å²) in [6.45, 7) is 7.72. The van der Waals surface area contributed by atoms with E-state index in [0.717, 1.165) is 23.7 Å². The van der Waals surface area contributed by atoms with E-state index in [1.807, 2.05) is 23.9 Å². The van der Waals surface area contributed by atoms with Gasteiger partial charge in [0, 0.05) is 17.0 Å². The second-order valence-corrected chi connectivity index (χ2v) is 5.38. The molecule has 3 heteroatoms. The Hall–Kier alpha value is -0.670. The van der Waals surface area contributed by atoms with Gasteiger partial charge in [-0.15, -0.1) is 11.8 Å². The molecule has 1 rings (SSSR count). The number of nitrogens with two attached hydrogens (primary N) is 1. The molecule has 0 saturated heterocycles. The van der Waals surface area contributed by atoms with Crippen LogP contribution in [0.15, 0.2) is 23.1 Å². The quantitative estimate of drug-likeness (QED) is 0.774. The minimum atomic E-state index is 0.535. The van der Waals surface area contributed by atoms with Crippen LogP contribution < -0.4 is 10.5 Å². The van der Waals surface area contributed by atoms with Crippen molar-refractivity contribution in [3.8, 4) is 5.75 Å². The van der Waals surface area contributed by atoms with E-state index >= 15 is 0 Å². The van der Waals surface area contributed by atoms with Gasteiger partial charge in [-0.25, -0.2) is 0 Å². The maximum atomic E-state index is 5.79. The fraction of sp³-hybridized carbons (Fsp3) is 0.538. The zero-order chi connectivity index (χ0) is 12.0. The van der Waals surface area contributed by atoms with Crippen molar-refractivity contribution in [2.75, 3.05) is 12.4 Å². The lowest BCUT2D eigenvalue weighted by Crippen LogP contribution is -2.08. The lowest BCUT2D eigenvalue weighted by molar-refractivity contribution is 0.268. The van der Waals surface area contributed by atoms with Crippen molar-refractivity contribution in [3.05, 3.63) is 23.8 Å². The van der Waals surface area contributed by atoms with Gasteiger partial charge in [0.05, 0.1) is 6.61 Å². The van der Waals surface area contributed by atoms with Crippen LogP contribution in [0.25, 0.3) is 0 Å². The molecule has 90 valence electrons. The van der Waals surface area contributed by atoms with Gasteiger partial charge in [0.1, 0.15) is 5.75 Å². The summed E-state index contributed by atoms with van der Waals surface area (Å²) in [6, 6.07) is 6.15. The van der Waals surface area contributed by atoms with E-state index in [1.165, 1.54) is 4.90 Å². The third kappa shape index (κ3) is 3.72. The number of thioether (sulfide) groups is 1. The van der Waals surface area contributed by atoms with Crippen LogP contribution in [0.4, 0.5) is 0 Å². The molecule has 0 aliphatic heterocycles. The van der Waals surface area contributed by atoms with Crippen molar-refractivity contribution in [3.63, 3.8) is 0 Å². The molecule has 1 aromatic carbocycles. The lowest BCUT2D eigenvalue weighted by atomic mass is 10.2. The van der Waals surface area contributed by atoms with E-state index in [2.05, 4.69) is 26.8 Å². The number of benzene rings is 1. The lowest BCUT2D eigenvalue weighted by Gasteiger charge is -2.15. The van der Waals surface area contributed by atoms with Crippen molar-refractivity contribution in [1.82, 2.24) is 0 Å². The molecule has 0 bridgehead atoms. The Morgan fingerprint density at radius 3 is 2.69 bits per heavy atom. The van der Waals surface area contributed by atoms with Crippen molar-refractivity contribution >= 4 is 11.8 Å². The van der Waals surface area contributed by atoms with Crippen molar-refractivity contribution < 1.29 is 4.74 Å². The first-order chi connectivity index (χ1) is 7.69. The molecular formula is C13H21NOS. The Morgan fingerprint density at radius 1 is 1.38 bits per heavy atom. The van der Waals surface area contributed by atoms with Gasteiger partial charge in [-0.2, -0.15) is 0 Å². The summed E-state index contributed by atoms with van der Waals surface area (Å²) in [7, 11) is 0. The van der Waals surface area contributed by atoms with Crippen molar-refractivity contribution in [1.29, 1.82) is 0 Å². The predicted octanol–water partition coefficient (Wildman–Crippen LogP) is 3.29. The smallest absolute Gasteiger partial charge is 0.124 e. The summed E-state index contributed by atoms with van der Waals surface area (Å²) >= 11 is 1.81. The highest BCUT2D eigenvalue weighted by Gasteiger charge is 2.08. The van der Waals surface area contributed by atoms with Crippen LogP contribution in [-0.2, 0) is 6.54 Å². The Bertz CT molecular complexity index is 326. The van der Waals surface area contributed by atoms with E-state index in [4.69, 9.17) is 10.5 Å². The maximum absolute atomic E-state index is 5.79. The summed E-state index contributed by atoms with van der Waals surface area (Å²) in [5, 5.41) is 0. The summed E-state index contributed by atoms with van der Waals surface area (Å²) in [5.41, 5.74) is 6.93. The van der Waals surface area contributed by atoms with E-state index < -0.39 is 0 Å². The molecule has 0 amide bonds. The highest BCUT2D eigenvalue weighted by atomic mass is 32.2. The number of hydrogen-bond acceptors (Lipinski definition) is 3. The molecule has 2 N–H and O–H groups in total. The molecule has 16 heavy (non-hydrogen) atoms. The zero-order valence-electron chi connectivity index (χ0n) is 10.3. The van der Waals surface area contributed by atoms with Gasteiger partial charge in [0.25, 0.3) is 0 Å². The summed E-state index contributed by atoms with van der Waals surface area (Å²) in [4.78, 5) is 1.24. The monoisotopic (exact) mass is 239 g/mol. The predicted molar refractivity (Wildman–Crippen MR) is 71.1 cm³/mol. The van der Waals surface area contributed by atoms with E-state index in [-0.39, 0.29) is 0 Å². The van der Waals surface area contributed by atoms with Crippen molar-refractivity contribution in [2.45, 2.75) is 32.2 Å². The third-order valence-corrected chi connectivity index (χ3v) is 3.15. The largest absolute Gasteiger partial charge is 0.493 e. The fourth-order valence-corrected chi connectivity index (χ4v) is 2.27. The van der Waals surface area contributed by atoms with E-state index in [9.17, 15) is 0 Å². The van der Waals surface area contributed by atoms with E-state index in [0.29, 0.717) is 12.5 Å². The van der Waals surface area contributed by atoms with Gasteiger partial charge in [0.15, 0.2) is 0 Å². The molecule has 1 aromatic rings. The first kappa shape index (κ1) is 13.4. The Balaban J connectivity index is 2.85. The van der Waals surface area contributed by atoms with Crippen LogP contribution in [0.1, 0.15) is 26.3 Å². The number of hydrogen-bond donors (Lipinski definition) is 1. The molecule has 0 aliphatic carbocycles. The number of ether oxygens (including phenoxy) is 1. The standard InChI is InChI=1S/C13H21NOS/c1-4-16-13-7-5-6-12(11(13)8-14)15-9-10(2)3/h5-7,10H,4,8-9,14H2,1-3H3. The molecule has 0 unspecified atom stereocenters. The Morgan fingerprint density at radius 2 is 2.12 bits per heavy atom. The third-order valence-electron chi connectivity index (χ3n) is 2.17. The van der Waals surface area contributed by atoms with Crippen LogP contribution in [0.3, 0.4) is 0 Å². The van der Waals surface area contributed by atoms with Gasteiger partial charge in [-0.1, -0.05) is 26.8 Å². The van der Waals surface area contributed by atoms with Crippen LogP contribution >= 0.6 is 11.8 Å². The van der Waals surface area contributed by atoms with Gasteiger partial charge in [-0.05, 0) is 23.8 Å². The maximum Gasteiger partial charge on any atom is 0.124 e. The highest BCUT2D eigenvalue weighted by Crippen LogP contribution is 2.29. The first-order valence-electron chi connectivity index (χ1n) is 5.76. The average molecular weight is 239 g/mol. The van der Waals surface area contributed by atoms with Crippen LogP contribution in [0, 0.1) is 5.92 Å². The summed E-state index contributed by atoms with van der Waals surface area (Å²) in [6.07, 6.45) is 0. The minimum Gasteiger partial charge on any atom is -0.493 e. The molecule has 0 fully saturated rings. The molecule has 0 atom stereocenters. The molecule has 0 radical (unpaired) electrons. The topological polar surface area (TPSA) is 35.2 Å². The molecular weight excluding hydrogens is 218 g/mol. The molecule has 0 aliphatic rings. The molecule has 0 saturated carbocycles. The minimum absolute atomic E-state index is 0.535.